The van der Waals surface area contributed by atoms with Gasteiger partial charge in [0.05, 0.1) is 0 Å². The molecule has 2 N–H and O–H groups in total. The molecule has 2 heterocycles. The molecule has 0 amide bonds. The molecule has 0 aliphatic heterocycles. The van der Waals surface area contributed by atoms with E-state index < -0.39 is 0 Å². The molecule has 8 nitrogen and oxygen atoms in total. The van der Waals surface area contributed by atoms with Gasteiger partial charge in [-0.3, -0.25) is 0 Å². The fourth-order valence-electron chi connectivity index (χ4n) is 1.59. The summed E-state index contributed by atoms with van der Waals surface area (Å²) in [5.41, 5.74) is 5.71. The van der Waals surface area contributed by atoms with E-state index in [0.717, 1.165) is 24.5 Å². The number of rotatable bonds is 4. The van der Waals surface area contributed by atoms with Gasteiger partial charge in [0, 0.05) is 26.9 Å². The van der Waals surface area contributed by atoms with Gasteiger partial charge in [0.1, 0.15) is 5.82 Å². The minimum atomic E-state index is 0.171. The first-order valence-electron chi connectivity index (χ1n) is 6.19. The van der Waals surface area contributed by atoms with Crippen molar-refractivity contribution in [2.24, 2.45) is 0 Å². The normalized spacial score (nSPS) is 10.7. The lowest BCUT2D eigenvalue weighted by molar-refractivity contribution is 0.735. The number of nitrogen functional groups attached to an aromatic ring is 1. The Morgan fingerprint density at radius 2 is 1.79 bits per heavy atom. The maximum atomic E-state index is 5.71. The number of anilines is 2. The predicted molar refractivity (Wildman–Crippen MR) is 72.2 cm³/mol. The highest BCUT2D eigenvalue weighted by Gasteiger charge is 2.14. The van der Waals surface area contributed by atoms with Crippen LogP contribution in [0.4, 0.5) is 11.9 Å². The molecule has 0 aliphatic rings. The molecule has 0 fully saturated rings. The molecule has 102 valence electrons. The minimum absolute atomic E-state index is 0.171. The van der Waals surface area contributed by atoms with Gasteiger partial charge >= 0.3 is 0 Å². The molecule has 8 heteroatoms. The average Bonchev–Trinajstić information content (AvgIpc) is 2.81. The highest BCUT2D eigenvalue weighted by molar-refractivity contribution is 5.36. The van der Waals surface area contributed by atoms with Crippen molar-refractivity contribution in [3.63, 3.8) is 0 Å². The molecule has 0 saturated heterocycles. The average molecular weight is 262 g/mol. The van der Waals surface area contributed by atoms with Gasteiger partial charge in [-0.05, 0) is 0 Å². The van der Waals surface area contributed by atoms with Crippen LogP contribution in [0.25, 0.3) is 5.95 Å². The van der Waals surface area contributed by atoms with E-state index in [0.29, 0.717) is 11.9 Å². The Bertz CT molecular complexity index is 574. The molecule has 2 aromatic rings. The van der Waals surface area contributed by atoms with Crippen molar-refractivity contribution in [3.05, 3.63) is 11.6 Å². The van der Waals surface area contributed by atoms with Crippen LogP contribution < -0.4 is 10.6 Å². The third kappa shape index (κ3) is 2.61. The first-order chi connectivity index (χ1) is 9.05. The zero-order chi connectivity index (χ0) is 14.0. The molecule has 19 heavy (non-hydrogen) atoms. The zero-order valence-corrected chi connectivity index (χ0v) is 11.6. The maximum Gasteiger partial charge on any atom is 0.258 e. The van der Waals surface area contributed by atoms with Crippen molar-refractivity contribution in [1.82, 2.24) is 29.7 Å². The number of hydrogen-bond acceptors (Lipinski definition) is 7. The summed E-state index contributed by atoms with van der Waals surface area (Å²) in [6.45, 7) is 4.02. The van der Waals surface area contributed by atoms with Crippen molar-refractivity contribution in [3.8, 4) is 5.95 Å². The summed E-state index contributed by atoms with van der Waals surface area (Å²) in [6.07, 6.45) is 1.51. The predicted octanol–water partition coefficient (Wildman–Crippen LogP) is 0.225. The molecular formula is C11H18N8. The van der Waals surface area contributed by atoms with Gasteiger partial charge in [-0.2, -0.15) is 19.6 Å². The van der Waals surface area contributed by atoms with Gasteiger partial charge in [-0.15, -0.1) is 5.10 Å². The summed E-state index contributed by atoms with van der Waals surface area (Å²) in [5.74, 6) is 2.65. The third-order valence-corrected chi connectivity index (χ3v) is 2.57. The summed E-state index contributed by atoms with van der Waals surface area (Å²) >= 11 is 0. The van der Waals surface area contributed by atoms with Gasteiger partial charge in [-0.25, -0.2) is 4.98 Å². The van der Waals surface area contributed by atoms with Crippen LogP contribution in [0.15, 0.2) is 0 Å². The minimum Gasteiger partial charge on any atom is -0.368 e. The Balaban J connectivity index is 2.54. The third-order valence-electron chi connectivity index (χ3n) is 2.57. The van der Waals surface area contributed by atoms with Gasteiger partial charge in [0.15, 0.2) is 5.82 Å². The second kappa shape index (κ2) is 5.17. The Labute approximate surface area is 111 Å². The zero-order valence-electron chi connectivity index (χ0n) is 11.6. The van der Waals surface area contributed by atoms with Crippen LogP contribution in [-0.4, -0.2) is 43.8 Å². The fraction of sp³-hybridized carbons (Fsp3) is 0.545. The van der Waals surface area contributed by atoms with Crippen LogP contribution in [0, 0.1) is 0 Å². The first kappa shape index (κ1) is 13.2. The van der Waals surface area contributed by atoms with Crippen molar-refractivity contribution < 1.29 is 0 Å². The van der Waals surface area contributed by atoms with Gasteiger partial charge in [-0.1, -0.05) is 13.8 Å². The summed E-state index contributed by atoms with van der Waals surface area (Å²) < 4.78 is 1.63. The molecule has 0 saturated carbocycles. The van der Waals surface area contributed by atoms with E-state index in [1.807, 2.05) is 27.9 Å². The van der Waals surface area contributed by atoms with E-state index in [4.69, 9.17) is 5.73 Å². The molecule has 0 spiro atoms. The summed E-state index contributed by atoms with van der Waals surface area (Å²) in [6, 6.07) is 0. The van der Waals surface area contributed by atoms with E-state index in [2.05, 4.69) is 25.0 Å². The van der Waals surface area contributed by atoms with Gasteiger partial charge in [0.25, 0.3) is 5.95 Å². The van der Waals surface area contributed by atoms with Crippen LogP contribution in [0.3, 0.4) is 0 Å². The number of hydrogen-bond donors (Lipinski definition) is 1. The molecule has 2 rings (SSSR count). The van der Waals surface area contributed by atoms with Crippen molar-refractivity contribution in [2.45, 2.75) is 26.7 Å². The molecule has 0 atom stereocenters. The summed E-state index contributed by atoms with van der Waals surface area (Å²) in [7, 11) is 3.69. The van der Waals surface area contributed by atoms with E-state index in [-0.39, 0.29) is 5.95 Å². The largest absolute Gasteiger partial charge is 0.368 e. The Kier molecular flexibility index (Phi) is 3.59. The second-order valence-corrected chi connectivity index (χ2v) is 4.25. The van der Waals surface area contributed by atoms with E-state index in [1.165, 1.54) is 0 Å². The Morgan fingerprint density at radius 1 is 1.05 bits per heavy atom. The molecule has 2 aromatic heterocycles. The highest BCUT2D eigenvalue weighted by Crippen LogP contribution is 2.11. The lowest BCUT2D eigenvalue weighted by Crippen LogP contribution is -2.18. The lowest BCUT2D eigenvalue weighted by Gasteiger charge is -2.11. The van der Waals surface area contributed by atoms with Gasteiger partial charge in [0.2, 0.25) is 11.9 Å². The quantitative estimate of drug-likeness (QED) is 0.841. The number of aryl methyl sites for hydroxylation is 2. The lowest BCUT2D eigenvalue weighted by atomic mass is 10.4. The SMILES string of the molecule is CCc1nc(CC)n(-c2nc(N)nc(N(C)C)n2)n1. The van der Waals surface area contributed by atoms with E-state index >= 15 is 0 Å². The summed E-state index contributed by atoms with van der Waals surface area (Å²) in [5, 5.41) is 4.39. The standard InChI is InChI=1S/C11H18N8/c1-5-7-13-8(6-2)19(17-7)11-15-9(12)14-10(16-11)18(3)4/h5-6H2,1-4H3,(H2,12,14,15,16). The van der Waals surface area contributed by atoms with Crippen molar-refractivity contribution >= 4 is 11.9 Å². The van der Waals surface area contributed by atoms with Crippen LogP contribution in [0.2, 0.25) is 0 Å². The summed E-state index contributed by atoms with van der Waals surface area (Å²) in [4.78, 5) is 18.7. The number of nitrogens with zero attached hydrogens (tertiary/aromatic N) is 7. The topological polar surface area (TPSA) is 98.6 Å². The van der Waals surface area contributed by atoms with Crippen LogP contribution in [0.1, 0.15) is 25.5 Å². The van der Waals surface area contributed by atoms with Crippen LogP contribution in [0.5, 0.6) is 0 Å². The fourth-order valence-corrected chi connectivity index (χ4v) is 1.59. The number of nitrogens with two attached hydrogens (primary N) is 1. The molecule has 0 bridgehead atoms. The van der Waals surface area contributed by atoms with Crippen LogP contribution >= 0.6 is 0 Å². The van der Waals surface area contributed by atoms with Crippen LogP contribution in [-0.2, 0) is 12.8 Å². The first-order valence-corrected chi connectivity index (χ1v) is 6.19. The smallest absolute Gasteiger partial charge is 0.258 e. The Hall–Kier alpha value is -2.25. The molecular weight excluding hydrogens is 244 g/mol. The number of aromatic nitrogens is 6. The van der Waals surface area contributed by atoms with Gasteiger partial charge < -0.3 is 10.6 Å². The molecule has 0 aromatic carbocycles. The highest BCUT2D eigenvalue weighted by atomic mass is 15.4. The Morgan fingerprint density at radius 3 is 2.37 bits per heavy atom. The molecule has 0 aliphatic carbocycles. The van der Waals surface area contributed by atoms with E-state index in [9.17, 15) is 0 Å². The second-order valence-electron chi connectivity index (χ2n) is 4.25. The van der Waals surface area contributed by atoms with Crippen molar-refractivity contribution in [1.29, 1.82) is 0 Å². The monoisotopic (exact) mass is 262 g/mol. The van der Waals surface area contributed by atoms with Crippen molar-refractivity contribution in [2.75, 3.05) is 24.7 Å². The molecule has 0 radical (unpaired) electrons. The maximum absolute atomic E-state index is 5.71. The van der Waals surface area contributed by atoms with E-state index in [1.54, 1.807) is 9.58 Å². The molecule has 0 unspecified atom stereocenters.